The standard InChI is InChI=1S/C26H34N2O4/c1-5-22-9-6-7-10-23(22)31-17-24(29)27-13-8-14-28(16-15-27)25(30)18-32-26-20(3)12-11-19(2)21(26)4/h6-7,9-12H,5,8,13-18H2,1-4H3. The first-order chi connectivity index (χ1) is 15.4. The molecule has 2 amide bonds. The maximum Gasteiger partial charge on any atom is 0.260 e. The third-order valence-corrected chi connectivity index (χ3v) is 6.12. The number of benzene rings is 2. The normalized spacial score (nSPS) is 14.1. The third-order valence-electron chi connectivity index (χ3n) is 6.12. The molecule has 1 fully saturated rings. The summed E-state index contributed by atoms with van der Waals surface area (Å²) in [5.41, 5.74) is 4.33. The molecule has 0 unspecified atom stereocenters. The van der Waals surface area contributed by atoms with Gasteiger partial charge in [0.2, 0.25) is 0 Å². The monoisotopic (exact) mass is 438 g/mol. The van der Waals surface area contributed by atoms with Crippen molar-refractivity contribution in [1.29, 1.82) is 0 Å². The first-order valence-corrected chi connectivity index (χ1v) is 11.4. The topological polar surface area (TPSA) is 59.1 Å². The number of ether oxygens (including phenoxy) is 2. The minimum Gasteiger partial charge on any atom is -0.483 e. The van der Waals surface area contributed by atoms with Gasteiger partial charge in [-0.15, -0.1) is 0 Å². The van der Waals surface area contributed by atoms with Gasteiger partial charge in [-0.05, 0) is 61.9 Å². The molecule has 1 aliphatic rings. The largest absolute Gasteiger partial charge is 0.483 e. The number of para-hydroxylation sites is 1. The molecule has 0 N–H and O–H groups in total. The Morgan fingerprint density at radius 1 is 0.812 bits per heavy atom. The molecule has 0 aliphatic carbocycles. The van der Waals surface area contributed by atoms with Gasteiger partial charge in [0, 0.05) is 26.2 Å². The van der Waals surface area contributed by atoms with Gasteiger partial charge in [-0.3, -0.25) is 9.59 Å². The maximum atomic E-state index is 12.8. The fourth-order valence-corrected chi connectivity index (χ4v) is 3.96. The van der Waals surface area contributed by atoms with E-state index in [2.05, 4.69) is 13.0 Å². The molecular weight excluding hydrogens is 404 g/mol. The number of carbonyl (C=O) groups excluding carboxylic acids is 2. The van der Waals surface area contributed by atoms with Gasteiger partial charge < -0.3 is 19.3 Å². The summed E-state index contributed by atoms with van der Waals surface area (Å²) in [5.74, 6) is 1.45. The van der Waals surface area contributed by atoms with Crippen molar-refractivity contribution >= 4 is 11.8 Å². The minimum atomic E-state index is -0.0486. The molecule has 32 heavy (non-hydrogen) atoms. The average molecular weight is 439 g/mol. The molecule has 0 radical (unpaired) electrons. The fourth-order valence-electron chi connectivity index (χ4n) is 3.96. The highest BCUT2D eigenvalue weighted by atomic mass is 16.5. The van der Waals surface area contributed by atoms with Crippen molar-refractivity contribution in [1.82, 2.24) is 9.80 Å². The molecule has 1 aliphatic heterocycles. The number of rotatable bonds is 7. The zero-order chi connectivity index (χ0) is 23.1. The molecule has 2 aromatic rings. The van der Waals surface area contributed by atoms with E-state index in [9.17, 15) is 9.59 Å². The van der Waals surface area contributed by atoms with Crippen molar-refractivity contribution in [3.63, 3.8) is 0 Å². The summed E-state index contributed by atoms with van der Waals surface area (Å²) in [6, 6.07) is 11.9. The molecule has 0 spiro atoms. The maximum absolute atomic E-state index is 12.8. The molecule has 0 bridgehead atoms. The fraction of sp³-hybridized carbons (Fsp3) is 0.462. The van der Waals surface area contributed by atoms with Crippen LogP contribution in [0.2, 0.25) is 0 Å². The van der Waals surface area contributed by atoms with Gasteiger partial charge in [0.1, 0.15) is 11.5 Å². The highest BCUT2D eigenvalue weighted by molar-refractivity contribution is 5.79. The SMILES string of the molecule is CCc1ccccc1OCC(=O)N1CCCN(C(=O)COc2c(C)ccc(C)c2C)CC1. The molecule has 2 aromatic carbocycles. The molecule has 6 nitrogen and oxygen atoms in total. The van der Waals surface area contributed by atoms with Gasteiger partial charge in [-0.1, -0.05) is 37.3 Å². The van der Waals surface area contributed by atoms with E-state index >= 15 is 0 Å². The van der Waals surface area contributed by atoms with E-state index in [4.69, 9.17) is 9.47 Å². The zero-order valence-corrected chi connectivity index (χ0v) is 19.6. The number of nitrogens with zero attached hydrogens (tertiary/aromatic N) is 2. The quantitative estimate of drug-likeness (QED) is 0.662. The molecule has 1 heterocycles. The van der Waals surface area contributed by atoms with Crippen LogP contribution in [0.5, 0.6) is 11.5 Å². The van der Waals surface area contributed by atoms with Crippen LogP contribution >= 0.6 is 0 Å². The third kappa shape index (κ3) is 5.81. The number of carbonyl (C=O) groups is 2. The Bertz CT molecular complexity index is 957. The Labute approximate surface area is 191 Å². The van der Waals surface area contributed by atoms with Gasteiger partial charge in [0.25, 0.3) is 11.8 Å². The zero-order valence-electron chi connectivity index (χ0n) is 19.6. The van der Waals surface area contributed by atoms with Crippen LogP contribution in [0, 0.1) is 20.8 Å². The summed E-state index contributed by atoms with van der Waals surface area (Å²) in [5, 5.41) is 0. The van der Waals surface area contributed by atoms with Crippen LogP contribution in [0.1, 0.15) is 35.6 Å². The second-order valence-electron chi connectivity index (χ2n) is 8.31. The van der Waals surface area contributed by atoms with Crippen LogP contribution in [0.3, 0.4) is 0 Å². The van der Waals surface area contributed by atoms with Crippen molar-refractivity contribution in [3.8, 4) is 11.5 Å². The summed E-state index contributed by atoms with van der Waals surface area (Å²) in [6.07, 6.45) is 1.60. The highest BCUT2D eigenvalue weighted by Gasteiger charge is 2.23. The van der Waals surface area contributed by atoms with E-state index in [0.29, 0.717) is 26.2 Å². The molecule has 0 saturated carbocycles. The Morgan fingerprint density at radius 2 is 1.41 bits per heavy atom. The van der Waals surface area contributed by atoms with Crippen molar-refractivity contribution in [3.05, 3.63) is 58.7 Å². The van der Waals surface area contributed by atoms with Gasteiger partial charge in [-0.25, -0.2) is 0 Å². The van der Waals surface area contributed by atoms with Crippen LogP contribution in [0.25, 0.3) is 0 Å². The summed E-state index contributed by atoms with van der Waals surface area (Å²) in [7, 11) is 0. The Hall–Kier alpha value is -3.02. The lowest BCUT2D eigenvalue weighted by molar-refractivity contribution is -0.135. The summed E-state index contributed by atoms with van der Waals surface area (Å²) < 4.78 is 11.7. The van der Waals surface area contributed by atoms with Crippen LogP contribution in [0.15, 0.2) is 36.4 Å². The highest BCUT2D eigenvalue weighted by Crippen LogP contribution is 2.25. The van der Waals surface area contributed by atoms with E-state index in [-0.39, 0.29) is 25.0 Å². The van der Waals surface area contributed by atoms with Crippen LogP contribution in [0.4, 0.5) is 0 Å². The predicted molar refractivity (Wildman–Crippen MR) is 125 cm³/mol. The van der Waals surface area contributed by atoms with Crippen molar-refractivity contribution in [2.75, 3.05) is 39.4 Å². The Morgan fingerprint density at radius 3 is 2.06 bits per heavy atom. The second-order valence-corrected chi connectivity index (χ2v) is 8.31. The van der Waals surface area contributed by atoms with E-state index in [1.165, 1.54) is 0 Å². The number of aryl methyl sites for hydroxylation is 3. The molecular formula is C26H34N2O4. The Balaban J connectivity index is 1.50. The minimum absolute atomic E-state index is 0.00991. The summed E-state index contributed by atoms with van der Waals surface area (Å²) >= 11 is 0. The lowest BCUT2D eigenvalue weighted by Crippen LogP contribution is -2.40. The lowest BCUT2D eigenvalue weighted by atomic mass is 10.1. The number of hydrogen-bond donors (Lipinski definition) is 0. The van der Waals surface area contributed by atoms with E-state index in [0.717, 1.165) is 46.6 Å². The van der Waals surface area contributed by atoms with E-state index in [1.807, 2.05) is 51.1 Å². The van der Waals surface area contributed by atoms with Gasteiger partial charge in [-0.2, -0.15) is 0 Å². The van der Waals surface area contributed by atoms with E-state index < -0.39 is 0 Å². The molecule has 0 atom stereocenters. The van der Waals surface area contributed by atoms with Gasteiger partial charge >= 0.3 is 0 Å². The smallest absolute Gasteiger partial charge is 0.260 e. The lowest BCUT2D eigenvalue weighted by Gasteiger charge is -2.23. The van der Waals surface area contributed by atoms with E-state index in [1.54, 1.807) is 9.80 Å². The first-order valence-electron chi connectivity index (χ1n) is 11.4. The first kappa shape index (κ1) is 23.6. The number of amides is 2. The van der Waals surface area contributed by atoms with Crippen LogP contribution < -0.4 is 9.47 Å². The van der Waals surface area contributed by atoms with Gasteiger partial charge in [0.05, 0.1) is 0 Å². The van der Waals surface area contributed by atoms with Crippen molar-refractivity contribution in [2.24, 2.45) is 0 Å². The van der Waals surface area contributed by atoms with Gasteiger partial charge in [0.15, 0.2) is 13.2 Å². The van der Waals surface area contributed by atoms with Crippen LogP contribution in [-0.4, -0.2) is 61.0 Å². The Kier molecular flexibility index (Phi) is 8.14. The molecule has 6 heteroatoms. The molecule has 1 saturated heterocycles. The summed E-state index contributed by atoms with van der Waals surface area (Å²) in [4.78, 5) is 29.0. The molecule has 3 rings (SSSR count). The molecule has 0 aromatic heterocycles. The van der Waals surface area contributed by atoms with Crippen molar-refractivity contribution in [2.45, 2.75) is 40.5 Å². The predicted octanol–water partition coefficient (Wildman–Crippen LogP) is 3.69. The van der Waals surface area contributed by atoms with Crippen molar-refractivity contribution < 1.29 is 19.1 Å². The second kappa shape index (κ2) is 11.0. The average Bonchev–Trinajstić information content (AvgIpc) is 3.06. The molecule has 172 valence electrons. The summed E-state index contributed by atoms with van der Waals surface area (Å²) in [6.45, 7) is 10.4. The van der Waals surface area contributed by atoms with Crippen LogP contribution in [-0.2, 0) is 16.0 Å². The number of hydrogen-bond acceptors (Lipinski definition) is 4.